The number of nitrogen functional groups attached to an aromatic ring is 1. The smallest absolute Gasteiger partial charge is 0.222 e. The minimum absolute atomic E-state index is 0.255. The zero-order chi connectivity index (χ0) is 17.5. The zero-order valence-electron chi connectivity index (χ0n) is 14.5. The molecule has 3 heterocycles. The molecule has 132 valence electrons. The molecule has 25 heavy (non-hydrogen) atoms. The Kier molecular flexibility index (Phi) is 5.93. The fourth-order valence-electron chi connectivity index (χ4n) is 3.42. The molecule has 1 aliphatic rings. The molecule has 1 atom stereocenters. The van der Waals surface area contributed by atoms with Gasteiger partial charge in [0.2, 0.25) is 5.91 Å². The summed E-state index contributed by atoms with van der Waals surface area (Å²) < 4.78 is 0. The van der Waals surface area contributed by atoms with Crippen molar-refractivity contribution in [1.29, 1.82) is 0 Å². The molecule has 0 bridgehead atoms. The molecular formula is C19H25N5O. The number of piperidine rings is 1. The average molecular weight is 339 g/mol. The number of amides is 1. The molecule has 2 N–H and O–H groups in total. The topological polar surface area (TPSA) is 85.0 Å². The van der Waals surface area contributed by atoms with Gasteiger partial charge >= 0.3 is 0 Å². The van der Waals surface area contributed by atoms with E-state index < -0.39 is 0 Å². The van der Waals surface area contributed by atoms with Gasteiger partial charge in [0, 0.05) is 44.3 Å². The molecular weight excluding hydrogens is 314 g/mol. The molecule has 0 aliphatic carbocycles. The number of pyridine rings is 1. The number of aromatic nitrogens is 3. The Balaban J connectivity index is 1.47. The van der Waals surface area contributed by atoms with E-state index >= 15 is 0 Å². The molecule has 0 unspecified atom stereocenters. The maximum atomic E-state index is 12.5. The summed E-state index contributed by atoms with van der Waals surface area (Å²) in [5.74, 6) is 1.17. The van der Waals surface area contributed by atoms with Crippen LogP contribution in [0.5, 0.6) is 0 Å². The predicted octanol–water partition coefficient (Wildman–Crippen LogP) is 2.26. The number of carbonyl (C=O) groups excluding carboxylic acids is 1. The van der Waals surface area contributed by atoms with E-state index in [4.69, 9.17) is 5.73 Å². The lowest BCUT2D eigenvalue weighted by Gasteiger charge is -2.33. The van der Waals surface area contributed by atoms with E-state index in [9.17, 15) is 4.79 Å². The lowest BCUT2D eigenvalue weighted by Crippen LogP contribution is -2.40. The van der Waals surface area contributed by atoms with Crippen LogP contribution >= 0.6 is 0 Å². The highest BCUT2D eigenvalue weighted by molar-refractivity contribution is 5.76. The van der Waals surface area contributed by atoms with E-state index in [0.29, 0.717) is 18.2 Å². The first-order chi connectivity index (χ1) is 12.2. The van der Waals surface area contributed by atoms with Crippen LogP contribution in [0.1, 0.15) is 36.9 Å². The first kappa shape index (κ1) is 17.3. The SMILES string of the molecule is Nc1nccnc1C[C@@H]1CCCN(C(=O)CCCc2ccncc2)C1. The van der Waals surface area contributed by atoms with Crippen molar-refractivity contribution in [3.8, 4) is 0 Å². The van der Waals surface area contributed by atoms with Gasteiger partial charge in [-0.15, -0.1) is 0 Å². The summed E-state index contributed by atoms with van der Waals surface area (Å²) in [7, 11) is 0. The Bertz CT molecular complexity index is 691. The van der Waals surface area contributed by atoms with Crippen LogP contribution in [-0.4, -0.2) is 38.8 Å². The summed E-state index contributed by atoms with van der Waals surface area (Å²) in [6, 6.07) is 4.01. The summed E-state index contributed by atoms with van der Waals surface area (Å²) in [5, 5.41) is 0. The van der Waals surface area contributed by atoms with Crippen molar-refractivity contribution in [2.24, 2.45) is 5.92 Å². The second kappa shape index (κ2) is 8.55. The number of likely N-dealkylation sites (tertiary alicyclic amines) is 1. The van der Waals surface area contributed by atoms with Crippen LogP contribution in [0.15, 0.2) is 36.9 Å². The van der Waals surface area contributed by atoms with Crippen LogP contribution in [0.25, 0.3) is 0 Å². The molecule has 3 rings (SSSR count). The van der Waals surface area contributed by atoms with E-state index in [1.54, 1.807) is 24.8 Å². The fraction of sp³-hybridized carbons (Fsp3) is 0.474. The molecule has 1 amide bonds. The van der Waals surface area contributed by atoms with Crippen molar-refractivity contribution < 1.29 is 4.79 Å². The highest BCUT2D eigenvalue weighted by Crippen LogP contribution is 2.22. The molecule has 6 nitrogen and oxygen atoms in total. The van der Waals surface area contributed by atoms with Gasteiger partial charge in [0.1, 0.15) is 5.82 Å². The van der Waals surface area contributed by atoms with E-state index in [0.717, 1.165) is 50.9 Å². The van der Waals surface area contributed by atoms with Crippen molar-refractivity contribution in [2.75, 3.05) is 18.8 Å². The second-order valence-corrected chi connectivity index (χ2v) is 6.65. The summed E-state index contributed by atoms with van der Waals surface area (Å²) in [5.41, 5.74) is 7.98. The predicted molar refractivity (Wildman–Crippen MR) is 96.6 cm³/mol. The zero-order valence-corrected chi connectivity index (χ0v) is 14.5. The number of anilines is 1. The molecule has 1 aliphatic heterocycles. The second-order valence-electron chi connectivity index (χ2n) is 6.65. The standard InChI is InChI=1S/C19H25N5O/c20-19-17(22-10-11-23-19)13-16-4-2-12-24(14-16)18(25)5-1-3-15-6-8-21-9-7-15/h6-11,16H,1-5,12-14H2,(H2,20,23)/t16-/m0/s1. The summed E-state index contributed by atoms with van der Waals surface area (Å²) in [6.07, 6.45) is 12.2. The van der Waals surface area contributed by atoms with Gasteiger partial charge in [0.05, 0.1) is 5.69 Å². The number of hydrogen-bond acceptors (Lipinski definition) is 5. The quantitative estimate of drug-likeness (QED) is 0.872. The van der Waals surface area contributed by atoms with Gasteiger partial charge in [-0.3, -0.25) is 14.8 Å². The third-order valence-corrected chi connectivity index (χ3v) is 4.77. The van der Waals surface area contributed by atoms with E-state index in [1.807, 2.05) is 17.0 Å². The minimum atomic E-state index is 0.255. The van der Waals surface area contributed by atoms with Crippen LogP contribution < -0.4 is 5.73 Å². The number of carbonyl (C=O) groups is 1. The Morgan fingerprint density at radius 1 is 1.20 bits per heavy atom. The molecule has 6 heteroatoms. The maximum Gasteiger partial charge on any atom is 0.222 e. The van der Waals surface area contributed by atoms with Crippen molar-refractivity contribution in [3.05, 3.63) is 48.2 Å². The molecule has 2 aromatic rings. The summed E-state index contributed by atoms with van der Waals surface area (Å²) >= 11 is 0. The van der Waals surface area contributed by atoms with E-state index in [2.05, 4.69) is 15.0 Å². The number of aryl methyl sites for hydroxylation is 1. The number of nitrogens with zero attached hydrogens (tertiary/aromatic N) is 4. The minimum Gasteiger partial charge on any atom is -0.382 e. The normalized spacial score (nSPS) is 17.4. The lowest BCUT2D eigenvalue weighted by molar-refractivity contribution is -0.133. The molecule has 1 fully saturated rings. The van der Waals surface area contributed by atoms with Gasteiger partial charge in [0.15, 0.2) is 0 Å². The van der Waals surface area contributed by atoms with Gasteiger partial charge in [-0.2, -0.15) is 0 Å². The molecule has 0 spiro atoms. The number of rotatable bonds is 6. The third kappa shape index (κ3) is 4.98. The van der Waals surface area contributed by atoms with Gasteiger partial charge in [-0.05, 0) is 55.7 Å². The van der Waals surface area contributed by atoms with Crippen molar-refractivity contribution in [3.63, 3.8) is 0 Å². The Morgan fingerprint density at radius 3 is 2.80 bits per heavy atom. The van der Waals surface area contributed by atoms with Crippen molar-refractivity contribution in [2.45, 2.75) is 38.5 Å². The van der Waals surface area contributed by atoms with E-state index in [-0.39, 0.29) is 5.91 Å². The first-order valence-electron chi connectivity index (χ1n) is 8.94. The molecule has 1 saturated heterocycles. The fourth-order valence-corrected chi connectivity index (χ4v) is 3.42. The average Bonchev–Trinajstić information content (AvgIpc) is 2.65. The van der Waals surface area contributed by atoms with E-state index in [1.165, 1.54) is 5.56 Å². The molecule has 2 aromatic heterocycles. The highest BCUT2D eigenvalue weighted by atomic mass is 16.2. The van der Waals surface area contributed by atoms with Gasteiger partial charge in [0.25, 0.3) is 0 Å². The summed E-state index contributed by atoms with van der Waals surface area (Å²) in [6.45, 7) is 1.66. The molecule has 0 saturated carbocycles. The third-order valence-electron chi connectivity index (χ3n) is 4.77. The maximum absolute atomic E-state index is 12.5. The van der Waals surface area contributed by atoms with Gasteiger partial charge in [-0.1, -0.05) is 0 Å². The number of hydrogen-bond donors (Lipinski definition) is 1. The van der Waals surface area contributed by atoms with Gasteiger partial charge in [-0.25, -0.2) is 4.98 Å². The largest absolute Gasteiger partial charge is 0.382 e. The van der Waals surface area contributed by atoms with Crippen molar-refractivity contribution >= 4 is 11.7 Å². The van der Waals surface area contributed by atoms with Crippen LogP contribution in [-0.2, 0) is 17.6 Å². The Labute approximate surface area is 148 Å². The van der Waals surface area contributed by atoms with Gasteiger partial charge < -0.3 is 10.6 Å². The molecule has 0 aromatic carbocycles. The molecule has 0 radical (unpaired) electrons. The Morgan fingerprint density at radius 2 is 2.00 bits per heavy atom. The monoisotopic (exact) mass is 339 g/mol. The van der Waals surface area contributed by atoms with Crippen LogP contribution in [0.2, 0.25) is 0 Å². The summed E-state index contributed by atoms with van der Waals surface area (Å²) in [4.78, 5) is 27.0. The lowest BCUT2D eigenvalue weighted by atomic mass is 9.93. The number of nitrogens with two attached hydrogens (primary N) is 1. The van der Waals surface area contributed by atoms with Crippen LogP contribution in [0.3, 0.4) is 0 Å². The van der Waals surface area contributed by atoms with Crippen LogP contribution in [0.4, 0.5) is 5.82 Å². The highest BCUT2D eigenvalue weighted by Gasteiger charge is 2.24. The van der Waals surface area contributed by atoms with Crippen molar-refractivity contribution in [1.82, 2.24) is 19.9 Å². The van der Waals surface area contributed by atoms with Crippen LogP contribution in [0, 0.1) is 5.92 Å². The Hall–Kier alpha value is -2.50. The first-order valence-corrected chi connectivity index (χ1v) is 8.94.